The number of rotatable bonds is 1. The van der Waals surface area contributed by atoms with Crippen LogP contribution in [0.4, 0.5) is 0 Å². The van der Waals surface area contributed by atoms with Gasteiger partial charge in [0.25, 0.3) is 0 Å². The van der Waals surface area contributed by atoms with Crippen LogP contribution in [0.3, 0.4) is 0 Å². The first kappa shape index (κ1) is 6.18. The Morgan fingerprint density at radius 3 is 2.27 bits per heavy atom. The van der Waals surface area contributed by atoms with E-state index in [1.54, 1.807) is 0 Å². The van der Waals surface area contributed by atoms with E-state index in [0.29, 0.717) is 17.6 Å². The molecule has 4 fully saturated rings. The lowest BCUT2D eigenvalue weighted by molar-refractivity contribution is -0.143. The van der Waals surface area contributed by atoms with Crippen LogP contribution in [0.15, 0.2) is 0 Å². The van der Waals surface area contributed by atoms with E-state index < -0.39 is 0 Å². The highest BCUT2D eigenvalue weighted by molar-refractivity contribution is 5.90. The topological polar surface area (TPSA) is 20.3 Å². The van der Waals surface area contributed by atoms with Crippen LogP contribution in [0.25, 0.3) is 0 Å². The highest BCUT2D eigenvalue weighted by Gasteiger charge is 2.48. The zero-order chi connectivity index (χ0) is 7.42. The lowest BCUT2D eigenvalue weighted by Gasteiger charge is -2.45. The Morgan fingerprint density at radius 2 is 1.82 bits per heavy atom. The van der Waals surface area contributed by atoms with Gasteiger partial charge in [0, 0.05) is 31.0 Å². The third kappa shape index (κ3) is 0.791. The van der Waals surface area contributed by atoms with E-state index in [2.05, 4.69) is 4.90 Å². The van der Waals surface area contributed by atoms with Crippen molar-refractivity contribution < 1.29 is 4.79 Å². The average molecular weight is 151 g/mol. The van der Waals surface area contributed by atoms with Gasteiger partial charge in [0.05, 0.1) is 0 Å². The van der Waals surface area contributed by atoms with Crippen molar-refractivity contribution in [2.75, 3.05) is 13.1 Å². The Hall–Kier alpha value is -0.370. The van der Waals surface area contributed by atoms with Crippen LogP contribution in [0, 0.1) is 11.8 Å². The maximum absolute atomic E-state index is 11.2. The summed E-state index contributed by atoms with van der Waals surface area (Å²) in [6.45, 7) is 2.17. The molecule has 2 atom stereocenters. The van der Waals surface area contributed by atoms with Gasteiger partial charge in [-0.15, -0.1) is 0 Å². The van der Waals surface area contributed by atoms with Crippen molar-refractivity contribution in [1.82, 2.24) is 4.90 Å². The Morgan fingerprint density at radius 1 is 1.18 bits per heavy atom. The van der Waals surface area contributed by atoms with Gasteiger partial charge in [-0.05, 0) is 19.3 Å². The molecule has 2 bridgehead atoms. The molecule has 0 N–H and O–H groups in total. The van der Waals surface area contributed by atoms with Gasteiger partial charge < -0.3 is 0 Å². The molecule has 0 spiro atoms. The molecule has 0 aromatic rings. The van der Waals surface area contributed by atoms with Crippen LogP contribution in [0.2, 0.25) is 0 Å². The standard InChI is InChI=1S/C9H13NO/c11-9-6-3-7(9)5-10(4-6)8-1-2-8/h6-8H,1-5H2/t6-,7-/m0/s1. The second kappa shape index (κ2) is 1.86. The molecular formula is C9H13NO. The predicted octanol–water partition coefficient (Wildman–Crippen LogP) is 0.670. The van der Waals surface area contributed by atoms with E-state index in [0.717, 1.165) is 19.1 Å². The van der Waals surface area contributed by atoms with Crippen molar-refractivity contribution in [3.8, 4) is 0 Å². The Bertz CT molecular complexity index is 196. The van der Waals surface area contributed by atoms with Crippen molar-refractivity contribution >= 4 is 5.78 Å². The Labute approximate surface area is 66.6 Å². The summed E-state index contributed by atoms with van der Waals surface area (Å²) in [6.07, 6.45) is 3.96. The van der Waals surface area contributed by atoms with E-state index in [1.165, 1.54) is 19.3 Å². The van der Waals surface area contributed by atoms with Crippen LogP contribution in [0.5, 0.6) is 0 Å². The van der Waals surface area contributed by atoms with Crippen molar-refractivity contribution in [2.45, 2.75) is 25.3 Å². The molecule has 0 amide bonds. The molecule has 2 saturated carbocycles. The van der Waals surface area contributed by atoms with Crippen molar-refractivity contribution in [2.24, 2.45) is 11.8 Å². The maximum Gasteiger partial charge on any atom is 0.141 e. The SMILES string of the molecule is O=C1[C@H]2C[C@H]1CN(C1CC1)C2. The van der Waals surface area contributed by atoms with Crippen LogP contribution in [-0.4, -0.2) is 29.8 Å². The lowest BCUT2D eigenvalue weighted by Crippen LogP contribution is -2.56. The van der Waals surface area contributed by atoms with Gasteiger partial charge in [0.15, 0.2) is 0 Å². The number of carbonyl (C=O) groups is 1. The molecule has 0 unspecified atom stereocenters. The molecule has 0 radical (unpaired) electrons. The van der Waals surface area contributed by atoms with E-state index in [-0.39, 0.29) is 0 Å². The Balaban J connectivity index is 1.72. The van der Waals surface area contributed by atoms with Gasteiger partial charge in [-0.25, -0.2) is 0 Å². The summed E-state index contributed by atoms with van der Waals surface area (Å²) in [5.74, 6) is 1.44. The third-order valence-corrected chi connectivity index (χ3v) is 3.35. The van der Waals surface area contributed by atoms with Gasteiger partial charge in [0.2, 0.25) is 0 Å². The van der Waals surface area contributed by atoms with Crippen molar-refractivity contribution in [1.29, 1.82) is 0 Å². The van der Waals surface area contributed by atoms with Crippen LogP contribution >= 0.6 is 0 Å². The van der Waals surface area contributed by atoms with Crippen LogP contribution in [-0.2, 0) is 4.79 Å². The molecule has 2 heterocycles. The van der Waals surface area contributed by atoms with Gasteiger partial charge in [-0.1, -0.05) is 0 Å². The lowest BCUT2D eigenvalue weighted by atomic mass is 9.69. The number of nitrogens with zero attached hydrogens (tertiary/aromatic N) is 1. The second-order valence-electron chi connectivity index (χ2n) is 4.22. The second-order valence-corrected chi connectivity index (χ2v) is 4.22. The normalized spacial score (nSPS) is 43.8. The van der Waals surface area contributed by atoms with E-state index in [9.17, 15) is 4.79 Å². The van der Waals surface area contributed by atoms with Crippen molar-refractivity contribution in [3.05, 3.63) is 0 Å². The fraction of sp³-hybridized carbons (Fsp3) is 0.889. The molecule has 4 rings (SSSR count). The minimum Gasteiger partial charge on any atom is -0.299 e. The molecule has 4 aliphatic rings. The minimum atomic E-state index is 0.439. The Kier molecular flexibility index (Phi) is 1.05. The molecule has 2 heteroatoms. The third-order valence-electron chi connectivity index (χ3n) is 3.35. The summed E-state index contributed by atoms with van der Waals surface area (Å²) in [7, 11) is 0. The van der Waals surface area contributed by atoms with Gasteiger partial charge in [-0.2, -0.15) is 0 Å². The summed E-state index contributed by atoms with van der Waals surface area (Å²) >= 11 is 0. The summed E-state index contributed by atoms with van der Waals surface area (Å²) in [5.41, 5.74) is 0. The van der Waals surface area contributed by atoms with Gasteiger partial charge in [0.1, 0.15) is 5.78 Å². The largest absolute Gasteiger partial charge is 0.299 e. The maximum atomic E-state index is 11.2. The number of piperidine rings is 2. The molecule has 2 aliphatic carbocycles. The number of Topliss-reactive ketones (excluding diaryl/α,β-unsaturated/α-hetero) is 1. The zero-order valence-electron chi connectivity index (χ0n) is 6.62. The number of hydrogen-bond acceptors (Lipinski definition) is 2. The van der Waals surface area contributed by atoms with Crippen molar-refractivity contribution in [3.63, 3.8) is 0 Å². The minimum absolute atomic E-state index is 0.439. The fourth-order valence-corrected chi connectivity index (χ4v) is 2.46. The van der Waals surface area contributed by atoms with Gasteiger partial charge >= 0.3 is 0 Å². The van der Waals surface area contributed by atoms with E-state index in [4.69, 9.17) is 0 Å². The smallest absolute Gasteiger partial charge is 0.141 e. The quantitative estimate of drug-likeness (QED) is 0.549. The average Bonchev–Trinajstić information content (AvgIpc) is 2.86. The molecule has 0 aromatic carbocycles. The fourth-order valence-electron chi connectivity index (χ4n) is 2.46. The van der Waals surface area contributed by atoms with Gasteiger partial charge in [-0.3, -0.25) is 9.69 Å². The highest BCUT2D eigenvalue weighted by Crippen LogP contribution is 2.40. The van der Waals surface area contributed by atoms with E-state index in [1.807, 2.05) is 0 Å². The zero-order valence-corrected chi connectivity index (χ0v) is 6.62. The number of ketones is 1. The molecular weight excluding hydrogens is 138 g/mol. The number of hydrogen-bond donors (Lipinski definition) is 0. The first-order valence-electron chi connectivity index (χ1n) is 4.62. The summed E-state index contributed by atoms with van der Waals surface area (Å²) < 4.78 is 0. The van der Waals surface area contributed by atoms with Crippen LogP contribution < -0.4 is 0 Å². The molecule has 2 nitrogen and oxygen atoms in total. The van der Waals surface area contributed by atoms with E-state index >= 15 is 0 Å². The number of fused-ring (bicyclic) bond motifs is 2. The predicted molar refractivity (Wildman–Crippen MR) is 41.2 cm³/mol. The first-order chi connectivity index (χ1) is 5.34. The summed E-state index contributed by atoms with van der Waals surface area (Å²) in [4.78, 5) is 13.7. The molecule has 0 aromatic heterocycles. The number of carbonyl (C=O) groups excluding carboxylic acids is 1. The summed E-state index contributed by atoms with van der Waals surface area (Å²) in [5, 5.41) is 0. The first-order valence-corrected chi connectivity index (χ1v) is 4.62. The monoisotopic (exact) mass is 151 g/mol. The molecule has 60 valence electrons. The highest BCUT2D eigenvalue weighted by atomic mass is 16.1. The van der Waals surface area contributed by atoms with Crippen LogP contribution in [0.1, 0.15) is 19.3 Å². The summed E-state index contributed by atoms with van der Waals surface area (Å²) in [6, 6.07) is 0.869. The molecule has 2 aliphatic heterocycles. The molecule has 2 saturated heterocycles. The molecule has 11 heavy (non-hydrogen) atoms.